The van der Waals surface area contributed by atoms with E-state index in [0.717, 1.165) is 68.3 Å². The van der Waals surface area contributed by atoms with E-state index < -0.39 is 0 Å². The molecule has 0 amide bonds. The molecule has 124 valence electrons. The fourth-order valence-electron chi connectivity index (χ4n) is 3.33. The first-order chi connectivity index (χ1) is 11.3. The summed E-state index contributed by atoms with van der Waals surface area (Å²) in [5.41, 5.74) is 0. The quantitative estimate of drug-likeness (QED) is 0.809. The van der Waals surface area contributed by atoms with Gasteiger partial charge in [-0.2, -0.15) is 10.1 Å². The van der Waals surface area contributed by atoms with Gasteiger partial charge in [0.05, 0.1) is 23.3 Å². The number of likely N-dealkylation sites (tertiary alicyclic amines) is 1. The number of aromatic nitrogens is 4. The molecule has 0 N–H and O–H groups in total. The Labute approximate surface area is 143 Å². The van der Waals surface area contributed by atoms with Crippen LogP contribution in [0, 0.1) is 0 Å². The van der Waals surface area contributed by atoms with Gasteiger partial charge in [0.1, 0.15) is 0 Å². The lowest BCUT2D eigenvalue weighted by molar-refractivity contribution is 0.0778. The van der Waals surface area contributed by atoms with Crippen molar-refractivity contribution in [3.63, 3.8) is 0 Å². The van der Waals surface area contributed by atoms with E-state index in [1.165, 1.54) is 0 Å². The number of hydrogen-bond donors (Lipinski definition) is 0. The zero-order valence-corrected chi connectivity index (χ0v) is 14.5. The Hall–Kier alpha value is -1.25. The normalized spacial score (nSPS) is 23.6. The molecular formula is C15H20BrN5O2. The number of nitrogens with zero attached hydrogens (tertiary/aromatic N) is 5. The van der Waals surface area contributed by atoms with Crippen LogP contribution in [0.1, 0.15) is 42.9 Å². The molecule has 4 heterocycles. The molecule has 0 aliphatic carbocycles. The molecule has 2 aliphatic heterocycles. The van der Waals surface area contributed by atoms with E-state index >= 15 is 0 Å². The average molecular weight is 382 g/mol. The molecular weight excluding hydrogens is 362 g/mol. The summed E-state index contributed by atoms with van der Waals surface area (Å²) in [5.74, 6) is 1.92. The Kier molecular flexibility index (Phi) is 4.46. The number of hydrogen-bond acceptors (Lipinski definition) is 6. The molecule has 0 saturated carbocycles. The summed E-state index contributed by atoms with van der Waals surface area (Å²) >= 11 is 3.45. The van der Waals surface area contributed by atoms with Gasteiger partial charge in [-0.25, -0.2) is 0 Å². The van der Waals surface area contributed by atoms with E-state index in [9.17, 15) is 0 Å². The topological polar surface area (TPSA) is 69.2 Å². The molecule has 1 atom stereocenters. The highest BCUT2D eigenvalue weighted by atomic mass is 79.9. The fraction of sp³-hybridized carbons (Fsp3) is 0.667. The van der Waals surface area contributed by atoms with Gasteiger partial charge in [-0.1, -0.05) is 5.16 Å². The Morgan fingerprint density at radius 3 is 2.91 bits per heavy atom. The summed E-state index contributed by atoms with van der Waals surface area (Å²) < 4.78 is 13.9. The third-order valence-corrected chi connectivity index (χ3v) is 5.02. The van der Waals surface area contributed by atoms with Crippen molar-refractivity contribution in [2.24, 2.45) is 0 Å². The Morgan fingerprint density at radius 2 is 2.13 bits per heavy atom. The molecule has 2 aliphatic rings. The molecule has 2 aromatic rings. The van der Waals surface area contributed by atoms with Crippen LogP contribution in [0.3, 0.4) is 0 Å². The molecule has 0 spiro atoms. The number of ether oxygens (including phenoxy) is 1. The maximum Gasteiger partial charge on any atom is 0.229 e. The van der Waals surface area contributed by atoms with E-state index in [-0.39, 0.29) is 0 Å². The predicted molar refractivity (Wildman–Crippen MR) is 86.0 cm³/mol. The second-order valence-corrected chi connectivity index (χ2v) is 7.17. The van der Waals surface area contributed by atoms with Crippen LogP contribution in [0.25, 0.3) is 0 Å². The number of rotatable bonds is 4. The summed E-state index contributed by atoms with van der Waals surface area (Å²) in [6.07, 6.45) is 6.91. The predicted octanol–water partition coefficient (Wildman–Crippen LogP) is 2.37. The summed E-state index contributed by atoms with van der Waals surface area (Å²) in [7, 11) is 0. The maximum atomic E-state index is 5.46. The van der Waals surface area contributed by atoms with Crippen molar-refractivity contribution < 1.29 is 9.26 Å². The van der Waals surface area contributed by atoms with Crippen molar-refractivity contribution in [1.82, 2.24) is 24.8 Å². The number of halogens is 1. The average Bonchev–Trinajstić information content (AvgIpc) is 3.29. The SMILES string of the molecule is Brc1cnn(C2CCN(Cc3noc(C4CCOCC4)n3)C2)c1. The molecule has 1 unspecified atom stereocenters. The molecule has 8 heteroatoms. The third kappa shape index (κ3) is 3.49. The molecule has 0 bridgehead atoms. The molecule has 4 rings (SSSR count). The molecule has 0 aromatic carbocycles. The van der Waals surface area contributed by atoms with Crippen molar-refractivity contribution >= 4 is 15.9 Å². The molecule has 0 radical (unpaired) electrons. The van der Waals surface area contributed by atoms with Crippen LogP contribution in [0.5, 0.6) is 0 Å². The monoisotopic (exact) mass is 381 g/mol. The van der Waals surface area contributed by atoms with E-state index in [1.54, 1.807) is 0 Å². The van der Waals surface area contributed by atoms with E-state index in [0.29, 0.717) is 12.0 Å². The fourth-order valence-corrected chi connectivity index (χ4v) is 3.63. The second kappa shape index (κ2) is 6.70. The molecule has 7 nitrogen and oxygen atoms in total. The lowest BCUT2D eigenvalue weighted by atomic mass is 10.0. The van der Waals surface area contributed by atoms with Gasteiger partial charge in [0.25, 0.3) is 0 Å². The highest BCUT2D eigenvalue weighted by Crippen LogP contribution is 2.27. The smallest absolute Gasteiger partial charge is 0.229 e. The van der Waals surface area contributed by atoms with Crippen molar-refractivity contribution in [3.8, 4) is 0 Å². The lowest BCUT2D eigenvalue weighted by Gasteiger charge is -2.18. The summed E-state index contributed by atoms with van der Waals surface area (Å²) in [6, 6.07) is 0.420. The zero-order chi connectivity index (χ0) is 15.6. The first kappa shape index (κ1) is 15.3. The van der Waals surface area contributed by atoms with Gasteiger partial charge in [0, 0.05) is 38.4 Å². The Bertz CT molecular complexity index is 652. The zero-order valence-electron chi connectivity index (χ0n) is 12.9. The molecule has 2 fully saturated rings. The van der Waals surface area contributed by atoms with Crippen molar-refractivity contribution in [1.29, 1.82) is 0 Å². The van der Waals surface area contributed by atoms with Crippen LogP contribution in [-0.4, -0.2) is 51.1 Å². The van der Waals surface area contributed by atoms with E-state index in [2.05, 4.69) is 36.1 Å². The first-order valence-corrected chi connectivity index (χ1v) is 8.89. The minimum Gasteiger partial charge on any atom is -0.381 e. The maximum absolute atomic E-state index is 5.46. The minimum absolute atomic E-state index is 0.359. The molecule has 2 saturated heterocycles. The summed E-state index contributed by atoms with van der Waals surface area (Å²) in [4.78, 5) is 6.95. The first-order valence-electron chi connectivity index (χ1n) is 8.10. The van der Waals surface area contributed by atoms with Gasteiger partial charge in [-0.15, -0.1) is 0 Å². The second-order valence-electron chi connectivity index (χ2n) is 6.25. The van der Waals surface area contributed by atoms with Crippen molar-refractivity contribution in [2.75, 3.05) is 26.3 Å². The molecule has 2 aromatic heterocycles. The van der Waals surface area contributed by atoms with Crippen LogP contribution >= 0.6 is 15.9 Å². The van der Waals surface area contributed by atoms with Crippen molar-refractivity contribution in [3.05, 3.63) is 28.6 Å². The standard InChI is InChI=1S/C15H20BrN5O2/c16-12-7-17-21(8-12)13-1-4-20(9-13)10-14-18-15(23-19-14)11-2-5-22-6-3-11/h7-8,11,13H,1-6,9-10H2. The van der Waals surface area contributed by atoms with Gasteiger partial charge >= 0.3 is 0 Å². The summed E-state index contributed by atoms with van der Waals surface area (Å²) in [6.45, 7) is 4.31. The van der Waals surface area contributed by atoms with Gasteiger partial charge in [0.2, 0.25) is 5.89 Å². The van der Waals surface area contributed by atoms with E-state index in [4.69, 9.17) is 9.26 Å². The van der Waals surface area contributed by atoms with Crippen LogP contribution < -0.4 is 0 Å². The lowest BCUT2D eigenvalue weighted by Crippen LogP contribution is -2.22. The third-order valence-electron chi connectivity index (χ3n) is 4.61. The van der Waals surface area contributed by atoms with Crippen LogP contribution in [0.4, 0.5) is 0 Å². The van der Waals surface area contributed by atoms with E-state index in [1.807, 2.05) is 17.1 Å². The van der Waals surface area contributed by atoms with Crippen LogP contribution in [-0.2, 0) is 11.3 Å². The Balaban J connectivity index is 1.35. The van der Waals surface area contributed by atoms with Gasteiger partial charge in [0.15, 0.2) is 5.82 Å². The highest BCUT2D eigenvalue weighted by Gasteiger charge is 2.27. The largest absolute Gasteiger partial charge is 0.381 e. The summed E-state index contributed by atoms with van der Waals surface area (Å²) in [5, 5.41) is 8.54. The van der Waals surface area contributed by atoms with Gasteiger partial charge < -0.3 is 9.26 Å². The Morgan fingerprint density at radius 1 is 1.26 bits per heavy atom. The minimum atomic E-state index is 0.359. The van der Waals surface area contributed by atoms with Crippen LogP contribution in [0.2, 0.25) is 0 Å². The van der Waals surface area contributed by atoms with Crippen LogP contribution in [0.15, 0.2) is 21.4 Å². The van der Waals surface area contributed by atoms with Gasteiger partial charge in [-0.05, 0) is 35.2 Å². The van der Waals surface area contributed by atoms with Gasteiger partial charge in [-0.3, -0.25) is 9.58 Å². The molecule has 23 heavy (non-hydrogen) atoms. The highest BCUT2D eigenvalue weighted by molar-refractivity contribution is 9.10. The van der Waals surface area contributed by atoms with Crippen molar-refractivity contribution in [2.45, 2.75) is 37.8 Å².